The maximum absolute atomic E-state index is 10.9. The molecule has 104 valence electrons. The van der Waals surface area contributed by atoms with E-state index in [1.165, 1.54) is 12.1 Å². The molecule has 0 spiro atoms. The maximum atomic E-state index is 10.9. The first-order valence-corrected chi connectivity index (χ1v) is 6.09. The molecule has 1 N–H and O–H groups in total. The summed E-state index contributed by atoms with van der Waals surface area (Å²) < 4.78 is 11.0. The van der Waals surface area contributed by atoms with Crippen LogP contribution in [0.25, 0.3) is 0 Å². The van der Waals surface area contributed by atoms with Gasteiger partial charge in [0.2, 0.25) is 0 Å². The number of rotatable bonds is 6. The fraction of sp³-hybridized carbons (Fsp3) is 0.214. The van der Waals surface area contributed by atoms with Gasteiger partial charge in [0.1, 0.15) is 6.61 Å². The molecule has 0 fully saturated rings. The van der Waals surface area contributed by atoms with Crippen molar-refractivity contribution in [2.24, 2.45) is 0 Å². The SMILES string of the molecule is CCOc1cc(C(=O)O)ccc1OCc1ncccn1. The number of benzene rings is 1. The molecule has 20 heavy (non-hydrogen) atoms. The second-order valence-corrected chi connectivity index (χ2v) is 3.85. The molecule has 1 aromatic heterocycles. The van der Waals surface area contributed by atoms with Gasteiger partial charge in [-0.3, -0.25) is 0 Å². The lowest BCUT2D eigenvalue weighted by molar-refractivity contribution is 0.0696. The highest BCUT2D eigenvalue weighted by atomic mass is 16.5. The lowest BCUT2D eigenvalue weighted by atomic mass is 10.2. The Morgan fingerprint density at radius 3 is 2.60 bits per heavy atom. The second-order valence-electron chi connectivity index (χ2n) is 3.85. The molecule has 0 radical (unpaired) electrons. The van der Waals surface area contributed by atoms with E-state index in [-0.39, 0.29) is 12.2 Å². The Morgan fingerprint density at radius 1 is 1.20 bits per heavy atom. The predicted octanol–water partition coefficient (Wildman–Crippen LogP) is 2.15. The van der Waals surface area contributed by atoms with Crippen LogP contribution in [-0.4, -0.2) is 27.7 Å². The third-order valence-corrected chi connectivity index (χ3v) is 2.47. The molecule has 0 aliphatic carbocycles. The summed E-state index contributed by atoms with van der Waals surface area (Å²) in [5.41, 5.74) is 0.150. The van der Waals surface area contributed by atoms with Crippen LogP contribution >= 0.6 is 0 Å². The zero-order valence-electron chi connectivity index (χ0n) is 10.9. The first-order valence-electron chi connectivity index (χ1n) is 6.09. The Kier molecular flexibility index (Phi) is 4.49. The first kappa shape index (κ1) is 13.8. The highest BCUT2D eigenvalue weighted by Gasteiger charge is 2.11. The monoisotopic (exact) mass is 274 g/mol. The fourth-order valence-electron chi connectivity index (χ4n) is 1.58. The van der Waals surface area contributed by atoms with Gasteiger partial charge in [-0.2, -0.15) is 0 Å². The van der Waals surface area contributed by atoms with E-state index < -0.39 is 5.97 Å². The average molecular weight is 274 g/mol. The number of carboxylic acids is 1. The molecule has 0 unspecified atom stereocenters. The fourth-order valence-corrected chi connectivity index (χ4v) is 1.58. The minimum Gasteiger partial charge on any atom is -0.490 e. The quantitative estimate of drug-likeness (QED) is 0.869. The topological polar surface area (TPSA) is 81.5 Å². The summed E-state index contributed by atoms with van der Waals surface area (Å²) in [4.78, 5) is 19.0. The summed E-state index contributed by atoms with van der Waals surface area (Å²) in [5, 5.41) is 8.96. The highest BCUT2D eigenvalue weighted by Crippen LogP contribution is 2.29. The number of aromatic carboxylic acids is 1. The van der Waals surface area contributed by atoms with E-state index in [2.05, 4.69) is 9.97 Å². The van der Waals surface area contributed by atoms with Gasteiger partial charge in [0.15, 0.2) is 17.3 Å². The predicted molar refractivity (Wildman–Crippen MR) is 70.9 cm³/mol. The van der Waals surface area contributed by atoms with E-state index in [4.69, 9.17) is 14.6 Å². The van der Waals surface area contributed by atoms with Gasteiger partial charge in [0, 0.05) is 12.4 Å². The van der Waals surface area contributed by atoms with Crippen molar-refractivity contribution < 1.29 is 19.4 Å². The maximum Gasteiger partial charge on any atom is 0.335 e. The number of aromatic nitrogens is 2. The zero-order valence-corrected chi connectivity index (χ0v) is 10.9. The van der Waals surface area contributed by atoms with Crippen LogP contribution in [0, 0.1) is 0 Å². The minimum absolute atomic E-state index is 0.150. The highest BCUT2D eigenvalue weighted by molar-refractivity contribution is 5.88. The normalized spacial score (nSPS) is 10.1. The van der Waals surface area contributed by atoms with E-state index in [1.54, 1.807) is 24.5 Å². The standard InChI is InChI=1S/C14H14N2O4/c1-2-19-12-8-10(14(17)18)4-5-11(12)20-9-13-15-6-3-7-16-13/h3-8H,2,9H2,1H3,(H,17,18). The number of carbonyl (C=O) groups is 1. The molecule has 0 atom stereocenters. The van der Waals surface area contributed by atoms with Gasteiger partial charge in [-0.15, -0.1) is 0 Å². The molecule has 6 heteroatoms. The molecule has 2 aromatic rings. The van der Waals surface area contributed by atoms with E-state index in [9.17, 15) is 4.79 Å². The number of ether oxygens (including phenoxy) is 2. The Bertz CT molecular complexity index is 587. The van der Waals surface area contributed by atoms with Crippen LogP contribution in [0.5, 0.6) is 11.5 Å². The van der Waals surface area contributed by atoms with Gasteiger partial charge in [0.05, 0.1) is 12.2 Å². The van der Waals surface area contributed by atoms with Crippen LogP contribution in [0.1, 0.15) is 23.1 Å². The van der Waals surface area contributed by atoms with Gasteiger partial charge < -0.3 is 14.6 Å². The van der Waals surface area contributed by atoms with Gasteiger partial charge in [0.25, 0.3) is 0 Å². The lowest BCUT2D eigenvalue weighted by Crippen LogP contribution is -2.04. The molecule has 0 bridgehead atoms. The third kappa shape index (κ3) is 3.44. The van der Waals surface area contributed by atoms with Crippen molar-refractivity contribution in [2.45, 2.75) is 13.5 Å². The van der Waals surface area contributed by atoms with E-state index in [0.717, 1.165) is 0 Å². The van der Waals surface area contributed by atoms with Crippen LogP contribution in [0.2, 0.25) is 0 Å². The van der Waals surface area contributed by atoms with E-state index in [1.807, 2.05) is 6.92 Å². The van der Waals surface area contributed by atoms with Crippen LogP contribution in [0.3, 0.4) is 0 Å². The van der Waals surface area contributed by atoms with Crippen molar-refractivity contribution in [2.75, 3.05) is 6.61 Å². The Balaban J connectivity index is 2.16. The summed E-state index contributed by atoms with van der Waals surface area (Å²) in [7, 11) is 0. The average Bonchev–Trinajstić information content (AvgIpc) is 2.47. The molecule has 0 amide bonds. The molecule has 0 aliphatic rings. The molecule has 6 nitrogen and oxygen atoms in total. The van der Waals surface area contributed by atoms with Crippen LogP contribution < -0.4 is 9.47 Å². The van der Waals surface area contributed by atoms with Crippen LogP contribution in [0.15, 0.2) is 36.7 Å². The minimum atomic E-state index is -1.01. The Hall–Kier alpha value is -2.63. The Morgan fingerprint density at radius 2 is 1.95 bits per heavy atom. The van der Waals surface area contributed by atoms with Gasteiger partial charge in [-0.05, 0) is 31.2 Å². The summed E-state index contributed by atoms with van der Waals surface area (Å²) in [6, 6.07) is 6.19. The summed E-state index contributed by atoms with van der Waals surface area (Å²) in [5.74, 6) is 0.383. The van der Waals surface area contributed by atoms with Gasteiger partial charge in [-0.1, -0.05) is 0 Å². The van der Waals surface area contributed by atoms with Crippen LogP contribution in [0.4, 0.5) is 0 Å². The van der Waals surface area contributed by atoms with Crippen molar-refractivity contribution in [1.29, 1.82) is 0 Å². The summed E-state index contributed by atoms with van der Waals surface area (Å²) in [6.45, 7) is 2.42. The molecule has 0 saturated heterocycles. The largest absolute Gasteiger partial charge is 0.490 e. The zero-order chi connectivity index (χ0) is 14.4. The second kappa shape index (κ2) is 6.51. The molecule has 1 aromatic carbocycles. The number of hydrogen-bond donors (Lipinski definition) is 1. The van der Waals surface area contributed by atoms with Gasteiger partial charge in [-0.25, -0.2) is 14.8 Å². The van der Waals surface area contributed by atoms with Crippen molar-refractivity contribution in [3.05, 3.63) is 48.0 Å². The molecule has 1 heterocycles. The Labute approximate surface area is 116 Å². The molecule has 2 rings (SSSR count). The lowest BCUT2D eigenvalue weighted by Gasteiger charge is -2.11. The number of nitrogens with zero attached hydrogens (tertiary/aromatic N) is 2. The van der Waals surface area contributed by atoms with E-state index >= 15 is 0 Å². The molecular weight excluding hydrogens is 260 g/mol. The molecule has 0 saturated carbocycles. The molecule has 0 aliphatic heterocycles. The number of hydrogen-bond acceptors (Lipinski definition) is 5. The first-order chi connectivity index (χ1) is 9.70. The van der Waals surface area contributed by atoms with Crippen LogP contribution in [-0.2, 0) is 6.61 Å². The van der Waals surface area contributed by atoms with Crippen molar-refractivity contribution in [3.63, 3.8) is 0 Å². The summed E-state index contributed by atoms with van der Waals surface area (Å²) >= 11 is 0. The van der Waals surface area contributed by atoms with Crippen molar-refractivity contribution >= 4 is 5.97 Å². The van der Waals surface area contributed by atoms with Gasteiger partial charge >= 0.3 is 5.97 Å². The number of carboxylic acid groups (broad SMARTS) is 1. The van der Waals surface area contributed by atoms with Crippen molar-refractivity contribution in [3.8, 4) is 11.5 Å². The summed E-state index contributed by atoms with van der Waals surface area (Å²) in [6.07, 6.45) is 3.26. The van der Waals surface area contributed by atoms with E-state index in [0.29, 0.717) is 23.9 Å². The molecular formula is C14H14N2O4. The smallest absolute Gasteiger partial charge is 0.335 e. The van der Waals surface area contributed by atoms with Crippen molar-refractivity contribution in [1.82, 2.24) is 9.97 Å². The third-order valence-electron chi connectivity index (χ3n) is 2.47.